The van der Waals surface area contributed by atoms with Gasteiger partial charge in [-0.3, -0.25) is 4.90 Å². The predicted molar refractivity (Wildman–Crippen MR) is 73.3 cm³/mol. The van der Waals surface area contributed by atoms with Gasteiger partial charge in [0.1, 0.15) is 0 Å². The molecule has 0 aromatic heterocycles. The van der Waals surface area contributed by atoms with Gasteiger partial charge in [0.2, 0.25) is 0 Å². The molecule has 0 saturated carbocycles. The van der Waals surface area contributed by atoms with E-state index in [9.17, 15) is 0 Å². The molecule has 0 spiro atoms. The second-order valence-electron chi connectivity index (χ2n) is 6.48. The molecule has 2 rings (SSSR count). The van der Waals surface area contributed by atoms with Crippen LogP contribution in [0.15, 0.2) is 0 Å². The molecule has 2 aliphatic heterocycles. The molecule has 1 N–H and O–H groups in total. The molecule has 100 valence electrons. The highest BCUT2D eigenvalue weighted by Crippen LogP contribution is 2.19. The monoisotopic (exact) mass is 239 g/mol. The fraction of sp³-hybridized carbons (Fsp3) is 1.00. The van der Waals surface area contributed by atoms with Crippen molar-refractivity contribution in [3.8, 4) is 0 Å². The van der Waals surface area contributed by atoms with E-state index in [1.54, 1.807) is 0 Å². The molecular weight excluding hydrogens is 210 g/mol. The molecule has 0 bridgehead atoms. The number of nitrogens with one attached hydrogen (secondary N) is 1. The van der Waals surface area contributed by atoms with Crippen LogP contribution >= 0.6 is 0 Å². The van der Waals surface area contributed by atoms with Crippen LogP contribution in [0.3, 0.4) is 0 Å². The van der Waals surface area contributed by atoms with Crippen molar-refractivity contribution in [1.29, 1.82) is 0 Å². The van der Waals surface area contributed by atoms with E-state index in [-0.39, 0.29) is 0 Å². The molecule has 3 heteroatoms. The Labute approximate surface area is 107 Å². The lowest BCUT2D eigenvalue weighted by Gasteiger charge is -2.41. The van der Waals surface area contributed by atoms with Crippen molar-refractivity contribution >= 4 is 0 Å². The molecule has 0 aromatic carbocycles. The van der Waals surface area contributed by atoms with E-state index < -0.39 is 0 Å². The van der Waals surface area contributed by atoms with Crippen LogP contribution in [0, 0.1) is 11.8 Å². The lowest BCUT2D eigenvalue weighted by atomic mass is 9.98. The van der Waals surface area contributed by atoms with Gasteiger partial charge in [0, 0.05) is 38.3 Å². The number of hydrogen-bond acceptors (Lipinski definition) is 3. The number of rotatable bonds is 3. The third-order valence-electron chi connectivity index (χ3n) is 4.52. The van der Waals surface area contributed by atoms with Crippen molar-refractivity contribution in [2.45, 2.75) is 39.3 Å². The first-order chi connectivity index (χ1) is 8.06. The van der Waals surface area contributed by atoms with Crippen LogP contribution in [-0.4, -0.2) is 61.7 Å². The maximum atomic E-state index is 3.68. The molecule has 2 fully saturated rings. The van der Waals surface area contributed by atoms with Gasteiger partial charge in [-0.1, -0.05) is 13.8 Å². The largest absolute Gasteiger partial charge is 0.311 e. The van der Waals surface area contributed by atoms with Crippen molar-refractivity contribution in [2.75, 3.05) is 39.8 Å². The number of hydrogen-bond donors (Lipinski definition) is 1. The fourth-order valence-corrected chi connectivity index (χ4v) is 3.16. The number of nitrogens with zero attached hydrogens (tertiary/aromatic N) is 2. The molecule has 0 amide bonds. The minimum Gasteiger partial charge on any atom is -0.311 e. The average Bonchev–Trinajstić information content (AvgIpc) is 2.67. The summed E-state index contributed by atoms with van der Waals surface area (Å²) in [7, 11) is 2.25. The van der Waals surface area contributed by atoms with Crippen LogP contribution in [0.25, 0.3) is 0 Å². The van der Waals surface area contributed by atoms with Crippen LogP contribution in [0.2, 0.25) is 0 Å². The van der Waals surface area contributed by atoms with E-state index in [4.69, 9.17) is 0 Å². The summed E-state index contributed by atoms with van der Waals surface area (Å²) < 4.78 is 0. The van der Waals surface area contributed by atoms with Crippen LogP contribution in [-0.2, 0) is 0 Å². The molecule has 3 nitrogen and oxygen atoms in total. The Bertz CT molecular complexity index is 242. The zero-order valence-corrected chi connectivity index (χ0v) is 11.9. The zero-order chi connectivity index (χ0) is 12.4. The van der Waals surface area contributed by atoms with Gasteiger partial charge in [0.15, 0.2) is 0 Å². The molecule has 0 radical (unpaired) electrons. The van der Waals surface area contributed by atoms with Gasteiger partial charge < -0.3 is 10.2 Å². The maximum Gasteiger partial charge on any atom is 0.0218 e. The molecular formula is C14H29N3. The highest BCUT2D eigenvalue weighted by Gasteiger charge is 2.29. The Morgan fingerprint density at radius 1 is 1.29 bits per heavy atom. The summed E-state index contributed by atoms with van der Waals surface area (Å²) >= 11 is 0. The summed E-state index contributed by atoms with van der Waals surface area (Å²) in [6, 6.07) is 1.39. The zero-order valence-electron chi connectivity index (χ0n) is 11.9. The van der Waals surface area contributed by atoms with E-state index in [1.165, 1.54) is 32.6 Å². The lowest BCUT2D eigenvalue weighted by Crippen LogP contribution is -2.58. The van der Waals surface area contributed by atoms with E-state index in [0.29, 0.717) is 12.1 Å². The minimum absolute atomic E-state index is 0.685. The van der Waals surface area contributed by atoms with E-state index in [1.807, 2.05) is 0 Å². The highest BCUT2D eigenvalue weighted by atomic mass is 15.2. The summed E-state index contributed by atoms with van der Waals surface area (Å²) in [6.07, 6.45) is 1.39. The molecule has 17 heavy (non-hydrogen) atoms. The second kappa shape index (κ2) is 5.68. The fourth-order valence-electron chi connectivity index (χ4n) is 3.16. The van der Waals surface area contributed by atoms with Gasteiger partial charge in [0.25, 0.3) is 0 Å². The van der Waals surface area contributed by atoms with Crippen LogP contribution in [0.5, 0.6) is 0 Å². The first-order valence-corrected chi connectivity index (χ1v) is 7.22. The summed E-state index contributed by atoms with van der Waals surface area (Å²) in [6.45, 7) is 13.3. The Morgan fingerprint density at radius 3 is 2.65 bits per heavy atom. The Balaban J connectivity index is 1.85. The van der Waals surface area contributed by atoms with E-state index in [0.717, 1.165) is 18.4 Å². The SMILES string of the molecule is CC(C)C1CN(CC2CCN(C)C2)C(C)CN1. The first-order valence-electron chi connectivity index (χ1n) is 7.22. The Kier molecular flexibility index (Phi) is 4.45. The topological polar surface area (TPSA) is 18.5 Å². The highest BCUT2D eigenvalue weighted by molar-refractivity contribution is 4.87. The van der Waals surface area contributed by atoms with E-state index >= 15 is 0 Å². The van der Waals surface area contributed by atoms with Crippen molar-refractivity contribution in [1.82, 2.24) is 15.1 Å². The molecule has 2 saturated heterocycles. The third kappa shape index (κ3) is 3.43. The van der Waals surface area contributed by atoms with Crippen molar-refractivity contribution in [2.24, 2.45) is 11.8 Å². The van der Waals surface area contributed by atoms with Gasteiger partial charge >= 0.3 is 0 Å². The van der Waals surface area contributed by atoms with Crippen molar-refractivity contribution < 1.29 is 0 Å². The third-order valence-corrected chi connectivity index (χ3v) is 4.52. The summed E-state index contributed by atoms with van der Waals surface area (Å²) in [5, 5.41) is 3.68. The Morgan fingerprint density at radius 2 is 2.06 bits per heavy atom. The molecule has 0 aliphatic carbocycles. The standard InChI is InChI=1S/C14H29N3/c1-11(2)14-10-17(12(3)7-15-14)9-13-5-6-16(4)8-13/h11-15H,5-10H2,1-4H3. The van der Waals surface area contributed by atoms with Gasteiger partial charge in [-0.05, 0) is 38.8 Å². The van der Waals surface area contributed by atoms with Crippen molar-refractivity contribution in [3.05, 3.63) is 0 Å². The summed E-state index contributed by atoms with van der Waals surface area (Å²) in [5.41, 5.74) is 0. The Hall–Kier alpha value is -0.120. The average molecular weight is 239 g/mol. The summed E-state index contributed by atoms with van der Waals surface area (Å²) in [4.78, 5) is 5.18. The lowest BCUT2D eigenvalue weighted by molar-refractivity contribution is 0.106. The predicted octanol–water partition coefficient (Wildman–Crippen LogP) is 1.26. The number of piperazine rings is 1. The second-order valence-corrected chi connectivity index (χ2v) is 6.48. The van der Waals surface area contributed by atoms with Gasteiger partial charge in [-0.2, -0.15) is 0 Å². The number of likely N-dealkylation sites (tertiary alicyclic amines) is 1. The van der Waals surface area contributed by atoms with Crippen LogP contribution in [0.4, 0.5) is 0 Å². The van der Waals surface area contributed by atoms with Gasteiger partial charge in [-0.25, -0.2) is 0 Å². The van der Waals surface area contributed by atoms with Crippen LogP contribution in [0.1, 0.15) is 27.2 Å². The maximum absolute atomic E-state index is 3.68. The van der Waals surface area contributed by atoms with E-state index in [2.05, 4.69) is 42.9 Å². The van der Waals surface area contributed by atoms with Gasteiger partial charge in [-0.15, -0.1) is 0 Å². The van der Waals surface area contributed by atoms with Gasteiger partial charge in [0.05, 0.1) is 0 Å². The molecule has 2 heterocycles. The molecule has 3 atom stereocenters. The van der Waals surface area contributed by atoms with Crippen LogP contribution < -0.4 is 5.32 Å². The first kappa shape index (κ1) is 13.3. The van der Waals surface area contributed by atoms with Crippen molar-refractivity contribution in [3.63, 3.8) is 0 Å². The quantitative estimate of drug-likeness (QED) is 0.800. The normalized spacial score (nSPS) is 36.9. The summed E-state index contributed by atoms with van der Waals surface area (Å²) in [5.74, 6) is 1.64. The molecule has 2 aliphatic rings. The minimum atomic E-state index is 0.685. The molecule has 0 aromatic rings. The molecule has 3 unspecified atom stereocenters. The smallest absolute Gasteiger partial charge is 0.0218 e.